The molecule has 2 aromatic carbocycles. The summed E-state index contributed by atoms with van der Waals surface area (Å²) >= 11 is 0. The van der Waals surface area contributed by atoms with Crippen LogP contribution in [0, 0.1) is 5.92 Å². The zero-order valence-electron chi connectivity index (χ0n) is 13.8. The molecule has 124 valence electrons. The first kappa shape index (κ1) is 17.5. The van der Waals surface area contributed by atoms with Crippen LogP contribution in [0.4, 0.5) is 0 Å². The molecule has 0 saturated heterocycles. The van der Waals surface area contributed by atoms with Crippen molar-refractivity contribution >= 4 is 18.0 Å². The van der Waals surface area contributed by atoms with Crippen LogP contribution >= 0.6 is 0 Å². The van der Waals surface area contributed by atoms with Crippen LogP contribution in [0.1, 0.15) is 19.4 Å². The number of hydrogen-bond acceptors (Lipinski definition) is 2. The van der Waals surface area contributed by atoms with Crippen LogP contribution in [-0.4, -0.2) is 23.0 Å². The maximum absolute atomic E-state index is 11.9. The minimum Gasteiger partial charge on any atom is -0.480 e. The van der Waals surface area contributed by atoms with E-state index < -0.39 is 17.9 Å². The maximum Gasteiger partial charge on any atom is 0.326 e. The van der Waals surface area contributed by atoms with Crippen LogP contribution < -0.4 is 5.32 Å². The molecule has 2 rings (SSSR count). The lowest BCUT2D eigenvalue weighted by Crippen LogP contribution is -2.43. The van der Waals surface area contributed by atoms with E-state index in [0.29, 0.717) is 0 Å². The Morgan fingerprint density at radius 1 is 0.958 bits per heavy atom. The summed E-state index contributed by atoms with van der Waals surface area (Å²) in [6.45, 7) is 3.51. The van der Waals surface area contributed by atoms with E-state index in [9.17, 15) is 9.59 Å². The van der Waals surface area contributed by atoms with Crippen LogP contribution in [0.25, 0.3) is 17.2 Å². The smallest absolute Gasteiger partial charge is 0.326 e. The Morgan fingerprint density at radius 3 is 2.08 bits per heavy atom. The molecule has 0 fully saturated rings. The van der Waals surface area contributed by atoms with Crippen molar-refractivity contribution in [2.45, 2.75) is 19.9 Å². The number of rotatable bonds is 6. The predicted molar refractivity (Wildman–Crippen MR) is 95.3 cm³/mol. The van der Waals surface area contributed by atoms with Gasteiger partial charge in [0.2, 0.25) is 5.91 Å². The monoisotopic (exact) mass is 323 g/mol. The molecule has 2 N–H and O–H groups in total. The molecule has 0 spiro atoms. The van der Waals surface area contributed by atoms with E-state index in [1.807, 2.05) is 54.6 Å². The van der Waals surface area contributed by atoms with Crippen molar-refractivity contribution in [3.63, 3.8) is 0 Å². The summed E-state index contributed by atoms with van der Waals surface area (Å²) in [6, 6.07) is 17.0. The number of carbonyl (C=O) groups is 2. The molecule has 4 nitrogen and oxygen atoms in total. The summed E-state index contributed by atoms with van der Waals surface area (Å²) in [4.78, 5) is 22.9. The highest BCUT2D eigenvalue weighted by atomic mass is 16.4. The third-order valence-electron chi connectivity index (χ3n) is 3.68. The van der Waals surface area contributed by atoms with Gasteiger partial charge in [0.15, 0.2) is 0 Å². The first-order valence-corrected chi connectivity index (χ1v) is 7.84. The van der Waals surface area contributed by atoms with Gasteiger partial charge in [-0.15, -0.1) is 0 Å². The zero-order chi connectivity index (χ0) is 17.5. The molecule has 24 heavy (non-hydrogen) atoms. The first-order chi connectivity index (χ1) is 11.5. The van der Waals surface area contributed by atoms with E-state index in [2.05, 4.69) is 5.32 Å². The van der Waals surface area contributed by atoms with E-state index in [1.165, 1.54) is 6.08 Å². The third-order valence-corrected chi connectivity index (χ3v) is 3.68. The van der Waals surface area contributed by atoms with Gasteiger partial charge in [0.25, 0.3) is 0 Å². The molecule has 1 atom stereocenters. The fourth-order valence-corrected chi connectivity index (χ4v) is 2.30. The molecule has 0 aromatic heterocycles. The van der Waals surface area contributed by atoms with Crippen molar-refractivity contribution in [1.29, 1.82) is 0 Å². The SMILES string of the molecule is CC(C)C(NC(=O)/C=C/c1ccc(-c2ccccc2)cc1)C(=O)O. The number of nitrogens with one attached hydrogen (secondary N) is 1. The van der Waals surface area contributed by atoms with Gasteiger partial charge in [-0.3, -0.25) is 4.79 Å². The fourth-order valence-electron chi connectivity index (χ4n) is 2.30. The second kappa shape index (κ2) is 8.11. The summed E-state index contributed by atoms with van der Waals surface area (Å²) in [5.74, 6) is -1.62. The van der Waals surface area contributed by atoms with E-state index >= 15 is 0 Å². The van der Waals surface area contributed by atoms with Crippen LogP contribution in [0.3, 0.4) is 0 Å². The second-order valence-corrected chi connectivity index (χ2v) is 5.89. The van der Waals surface area contributed by atoms with Gasteiger partial charge >= 0.3 is 5.97 Å². The highest BCUT2D eigenvalue weighted by Crippen LogP contribution is 2.19. The summed E-state index contributed by atoms with van der Waals surface area (Å²) in [5.41, 5.74) is 3.11. The Kier molecular flexibility index (Phi) is 5.90. The number of carboxylic acids is 1. The third kappa shape index (κ3) is 4.81. The standard InChI is InChI=1S/C20H21NO3/c1-14(2)19(20(23)24)21-18(22)13-10-15-8-11-17(12-9-15)16-6-4-3-5-7-16/h3-14,19H,1-2H3,(H,21,22)(H,23,24)/b13-10+. The number of aliphatic carboxylic acids is 1. The first-order valence-electron chi connectivity index (χ1n) is 7.84. The topological polar surface area (TPSA) is 66.4 Å². The molecule has 0 aliphatic rings. The molecule has 4 heteroatoms. The Hall–Kier alpha value is -2.88. The van der Waals surface area contributed by atoms with E-state index in [-0.39, 0.29) is 5.92 Å². The minimum atomic E-state index is -1.03. The zero-order valence-corrected chi connectivity index (χ0v) is 13.8. The quantitative estimate of drug-likeness (QED) is 0.798. The second-order valence-electron chi connectivity index (χ2n) is 5.89. The van der Waals surface area contributed by atoms with Gasteiger partial charge in [0.05, 0.1) is 0 Å². The lowest BCUT2D eigenvalue weighted by Gasteiger charge is -2.16. The van der Waals surface area contributed by atoms with Crippen molar-refractivity contribution in [1.82, 2.24) is 5.32 Å². The average molecular weight is 323 g/mol. The van der Waals surface area contributed by atoms with E-state index in [4.69, 9.17) is 5.11 Å². The lowest BCUT2D eigenvalue weighted by atomic mass is 10.0. The van der Waals surface area contributed by atoms with Crippen LogP contribution in [-0.2, 0) is 9.59 Å². The molecule has 0 heterocycles. The Labute approximate surface area is 141 Å². The number of hydrogen-bond donors (Lipinski definition) is 2. The Balaban J connectivity index is 2.01. The summed E-state index contributed by atoms with van der Waals surface area (Å²) < 4.78 is 0. The lowest BCUT2D eigenvalue weighted by molar-refractivity contribution is -0.142. The van der Waals surface area contributed by atoms with E-state index in [1.54, 1.807) is 19.9 Å². The molecule has 2 aromatic rings. The Bertz CT molecular complexity index is 718. The van der Waals surface area contributed by atoms with Crippen molar-refractivity contribution in [2.75, 3.05) is 0 Å². The van der Waals surface area contributed by atoms with Gasteiger partial charge in [-0.25, -0.2) is 4.79 Å². The van der Waals surface area contributed by atoms with Crippen molar-refractivity contribution in [3.05, 3.63) is 66.2 Å². The van der Waals surface area contributed by atoms with Crippen LogP contribution in [0.5, 0.6) is 0 Å². The normalized spacial score (nSPS) is 12.3. The summed E-state index contributed by atoms with van der Waals surface area (Å²) in [5, 5.41) is 11.6. The molecular formula is C20H21NO3. The van der Waals surface area contributed by atoms with Gasteiger partial charge in [-0.2, -0.15) is 0 Å². The number of amides is 1. The van der Waals surface area contributed by atoms with Gasteiger partial charge in [0.1, 0.15) is 6.04 Å². The minimum absolute atomic E-state index is 0.176. The largest absolute Gasteiger partial charge is 0.480 e. The highest BCUT2D eigenvalue weighted by Gasteiger charge is 2.22. The van der Waals surface area contributed by atoms with Crippen molar-refractivity contribution in [2.24, 2.45) is 5.92 Å². The molecule has 1 amide bonds. The van der Waals surface area contributed by atoms with Crippen LogP contribution in [0.2, 0.25) is 0 Å². The molecule has 0 aliphatic carbocycles. The van der Waals surface area contributed by atoms with Gasteiger partial charge in [0, 0.05) is 6.08 Å². The molecule has 0 bridgehead atoms. The van der Waals surface area contributed by atoms with Gasteiger partial charge in [-0.1, -0.05) is 68.4 Å². The molecular weight excluding hydrogens is 302 g/mol. The van der Waals surface area contributed by atoms with Crippen LogP contribution in [0.15, 0.2) is 60.7 Å². The summed E-state index contributed by atoms with van der Waals surface area (Å²) in [7, 11) is 0. The highest BCUT2D eigenvalue weighted by molar-refractivity contribution is 5.94. The molecule has 0 radical (unpaired) electrons. The fraction of sp³-hybridized carbons (Fsp3) is 0.200. The van der Waals surface area contributed by atoms with Gasteiger partial charge in [-0.05, 0) is 28.7 Å². The maximum atomic E-state index is 11.9. The molecule has 0 saturated carbocycles. The number of carboxylic acid groups (broad SMARTS) is 1. The van der Waals surface area contributed by atoms with Crippen molar-refractivity contribution < 1.29 is 14.7 Å². The average Bonchev–Trinajstić information content (AvgIpc) is 2.58. The number of carbonyl (C=O) groups excluding carboxylic acids is 1. The molecule has 0 aliphatic heterocycles. The van der Waals surface area contributed by atoms with Gasteiger partial charge < -0.3 is 10.4 Å². The van der Waals surface area contributed by atoms with E-state index in [0.717, 1.165) is 16.7 Å². The predicted octanol–water partition coefficient (Wildman–Crippen LogP) is 3.59. The van der Waals surface area contributed by atoms with Crippen molar-refractivity contribution in [3.8, 4) is 11.1 Å². The summed E-state index contributed by atoms with van der Waals surface area (Å²) in [6.07, 6.45) is 3.03. The Morgan fingerprint density at radius 2 is 1.54 bits per heavy atom. The molecule has 1 unspecified atom stereocenters. The number of benzene rings is 2.